The average molecular weight is 206 g/mol. The fraction of sp³-hybridized carbons (Fsp3) is 0.385. The molecule has 0 spiro atoms. The van der Waals surface area contributed by atoms with Crippen molar-refractivity contribution in [3.05, 3.63) is 42.5 Å². The van der Waals surface area contributed by atoms with Gasteiger partial charge in [0.15, 0.2) is 0 Å². The Hall–Kier alpha value is -1.28. The molecule has 0 saturated carbocycles. The molecule has 1 aromatic carbocycles. The summed E-state index contributed by atoms with van der Waals surface area (Å²) >= 11 is 0. The highest BCUT2D eigenvalue weighted by atomic mass is 16.5. The largest absolute Gasteiger partial charge is 0.497 e. The normalized spacial score (nSPS) is 9.93. The fourth-order valence-electron chi connectivity index (χ4n) is 1.24. The van der Waals surface area contributed by atoms with Gasteiger partial charge in [-0.2, -0.15) is 0 Å². The van der Waals surface area contributed by atoms with Crippen molar-refractivity contribution in [2.45, 2.75) is 19.4 Å². The lowest BCUT2D eigenvalue weighted by Gasteiger charge is -2.04. The quantitative estimate of drug-likeness (QED) is 0.504. The van der Waals surface area contributed by atoms with E-state index in [1.807, 2.05) is 30.3 Å². The molecule has 0 bridgehead atoms. The Kier molecular flexibility index (Phi) is 5.56. The van der Waals surface area contributed by atoms with E-state index in [0.29, 0.717) is 6.61 Å². The summed E-state index contributed by atoms with van der Waals surface area (Å²) in [7, 11) is 1.67. The average Bonchev–Trinajstić information content (AvgIpc) is 2.30. The summed E-state index contributed by atoms with van der Waals surface area (Å²) in [5.41, 5.74) is 1.18. The molecule has 82 valence electrons. The number of rotatable bonds is 7. The Morgan fingerprint density at radius 3 is 2.60 bits per heavy atom. The summed E-state index contributed by atoms with van der Waals surface area (Å²) < 4.78 is 10.6. The molecular formula is C13H18O2. The third-order valence-corrected chi connectivity index (χ3v) is 2.12. The monoisotopic (exact) mass is 206 g/mol. The Morgan fingerprint density at radius 2 is 2.00 bits per heavy atom. The minimum Gasteiger partial charge on any atom is -0.497 e. The third kappa shape index (κ3) is 4.66. The zero-order chi connectivity index (χ0) is 10.9. The highest BCUT2D eigenvalue weighted by Gasteiger charge is 1.94. The van der Waals surface area contributed by atoms with E-state index in [-0.39, 0.29) is 0 Å². The molecule has 2 nitrogen and oxygen atoms in total. The van der Waals surface area contributed by atoms with Crippen molar-refractivity contribution in [2.75, 3.05) is 13.7 Å². The van der Waals surface area contributed by atoms with Crippen LogP contribution in [0.25, 0.3) is 0 Å². The predicted octanol–water partition coefficient (Wildman–Crippen LogP) is 3.18. The summed E-state index contributed by atoms with van der Waals surface area (Å²) in [6, 6.07) is 7.93. The van der Waals surface area contributed by atoms with Crippen molar-refractivity contribution in [3.63, 3.8) is 0 Å². The molecule has 0 aromatic heterocycles. The van der Waals surface area contributed by atoms with Crippen molar-refractivity contribution < 1.29 is 9.47 Å². The lowest BCUT2D eigenvalue weighted by atomic mass is 10.2. The standard InChI is InChI=1S/C13H18O2/c1-3-4-5-10-15-11-12-6-8-13(14-2)9-7-12/h3,6-9H,1,4-5,10-11H2,2H3. The van der Waals surface area contributed by atoms with E-state index in [2.05, 4.69) is 6.58 Å². The summed E-state index contributed by atoms with van der Waals surface area (Å²) in [6.07, 6.45) is 3.97. The first-order valence-electron chi connectivity index (χ1n) is 5.18. The van der Waals surface area contributed by atoms with Gasteiger partial charge in [-0.1, -0.05) is 18.2 Å². The molecule has 0 aliphatic carbocycles. The second-order valence-electron chi connectivity index (χ2n) is 3.33. The molecule has 0 fully saturated rings. The highest BCUT2D eigenvalue weighted by Crippen LogP contribution is 2.11. The van der Waals surface area contributed by atoms with Crippen LogP contribution in [-0.4, -0.2) is 13.7 Å². The van der Waals surface area contributed by atoms with Gasteiger partial charge in [-0.15, -0.1) is 6.58 Å². The number of hydrogen-bond acceptors (Lipinski definition) is 2. The molecular weight excluding hydrogens is 188 g/mol. The summed E-state index contributed by atoms with van der Waals surface area (Å²) in [5, 5.41) is 0. The molecule has 1 aromatic rings. The van der Waals surface area contributed by atoms with E-state index < -0.39 is 0 Å². The van der Waals surface area contributed by atoms with E-state index in [0.717, 1.165) is 25.2 Å². The number of ether oxygens (including phenoxy) is 2. The van der Waals surface area contributed by atoms with Gasteiger partial charge in [-0.05, 0) is 30.5 Å². The van der Waals surface area contributed by atoms with Gasteiger partial charge in [-0.25, -0.2) is 0 Å². The van der Waals surface area contributed by atoms with Crippen molar-refractivity contribution in [3.8, 4) is 5.75 Å². The maximum Gasteiger partial charge on any atom is 0.118 e. The molecule has 1 rings (SSSR count). The maximum absolute atomic E-state index is 5.51. The van der Waals surface area contributed by atoms with Gasteiger partial charge in [0.05, 0.1) is 13.7 Å². The van der Waals surface area contributed by atoms with Gasteiger partial charge in [0, 0.05) is 6.61 Å². The van der Waals surface area contributed by atoms with Crippen LogP contribution in [0.2, 0.25) is 0 Å². The van der Waals surface area contributed by atoms with Crippen LogP contribution < -0.4 is 4.74 Å². The highest BCUT2D eigenvalue weighted by molar-refractivity contribution is 5.26. The van der Waals surface area contributed by atoms with Crippen molar-refractivity contribution in [1.82, 2.24) is 0 Å². The Bertz CT molecular complexity index is 277. The smallest absolute Gasteiger partial charge is 0.118 e. The van der Waals surface area contributed by atoms with E-state index in [1.165, 1.54) is 5.56 Å². The number of benzene rings is 1. The minimum absolute atomic E-state index is 0.668. The number of methoxy groups -OCH3 is 1. The van der Waals surface area contributed by atoms with Gasteiger partial charge in [0.25, 0.3) is 0 Å². The fourth-order valence-corrected chi connectivity index (χ4v) is 1.24. The molecule has 0 unspecified atom stereocenters. The molecule has 2 heteroatoms. The summed E-state index contributed by atoms with van der Waals surface area (Å²) in [6.45, 7) is 5.12. The molecule has 0 amide bonds. The number of hydrogen-bond donors (Lipinski definition) is 0. The Morgan fingerprint density at radius 1 is 1.27 bits per heavy atom. The summed E-state index contributed by atoms with van der Waals surface area (Å²) in [4.78, 5) is 0. The van der Waals surface area contributed by atoms with Gasteiger partial charge < -0.3 is 9.47 Å². The third-order valence-electron chi connectivity index (χ3n) is 2.12. The lowest BCUT2D eigenvalue weighted by Crippen LogP contribution is -1.95. The van der Waals surface area contributed by atoms with E-state index in [1.54, 1.807) is 7.11 Å². The number of unbranched alkanes of at least 4 members (excludes halogenated alkanes) is 1. The zero-order valence-electron chi connectivity index (χ0n) is 9.24. The second-order valence-corrected chi connectivity index (χ2v) is 3.33. The molecule has 0 aliphatic rings. The Balaban J connectivity index is 2.22. The van der Waals surface area contributed by atoms with Crippen molar-refractivity contribution in [1.29, 1.82) is 0 Å². The van der Waals surface area contributed by atoms with Gasteiger partial charge in [-0.3, -0.25) is 0 Å². The van der Waals surface area contributed by atoms with Crippen molar-refractivity contribution >= 4 is 0 Å². The van der Waals surface area contributed by atoms with Gasteiger partial charge in [0.2, 0.25) is 0 Å². The van der Waals surface area contributed by atoms with Gasteiger partial charge >= 0.3 is 0 Å². The zero-order valence-corrected chi connectivity index (χ0v) is 9.24. The van der Waals surface area contributed by atoms with Crippen LogP contribution in [0.3, 0.4) is 0 Å². The van der Waals surface area contributed by atoms with Crippen LogP contribution in [0.4, 0.5) is 0 Å². The van der Waals surface area contributed by atoms with Crippen LogP contribution in [0, 0.1) is 0 Å². The first-order valence-corrected chi connectivity index (χ1v) is 5.18. The molecule has 0 N–H and O–H groups in total. The SMILES string of the molecule is C=CCCCOCc1ccc(OC)cc1. The van der Waals surface area contributed by atoms with Crippen LogP contribution in [0.1, 0.15) is 18.4 Å². The molecule has 0 saturated heterocycles. The van der Waals surface area contributed by atoms with Gasteiger partial charge in [0.1, 0.15) is 5.75 Å². The van der Waals surface area contributed by atoms with Crippen LogP contribution in [0.15, 0.2) is 36.9 Å². The summed E-state index contributed by atoms with van der Waals surface area (Å²) in [5.74, 6) is 0.880. The van der Waals surface area contributed by atoms with Crippen LogP contribution >= 0.6 is 0 Å². The number of allylic oxidation sites excluding steroid dienone is 1. The minimum atomic E-state index is 0.668. The topological polar surface area (TPSA) is 18.5 Å². The lowest BCUT2D eigenvalue weighted by molar-refractivity contribution is 0.119. The first kappa shape index (κ1) is 11.8. The molecule has 15 heavy (non-hydrogen) atoms. The maximum atomic E-state index is 5.51. The molecule has 0 heterocycles. The second kappa shape index (κ2) is 7.07. The molecule has 0 aliphatic heterocycles. The van der Waals surface area contributed by atoms with E-state index >= 15 is 0 Å². The van der Waals surface area contributed by atoms with Crippen LogP contribution in [-0.2, 0) is 11.3 Å². The first-order chi connectivity index (χ1) is 7.36. The van der Waals surface area contributed by atoms with Crippen molar-refractivity contribution in [2.24, 2.45) is 0 Å². The Labute approximate surface area is 91.5 Å². The predicted molar refractivity (Wildman–Crippen MR) is 62.1 cm³/mol. The molecule has 0 atom stereocenters. The van der Waals surface area contributed by atoms with E-state index in [9.17, 15) is 0 Å². The molecule has 0 radical (unpaired) electrons. The van der Waals surface area contributed by atoms with Crippen LogP contribution in [0.5, 0.6) is 5.75 Å². The van der Waals surface area contributed by atoms with E-state index in [4.69, 9.17) is 9.47 Å².